The van der Waals surface area contributed by atoms with Crippen molar-refractivity contribution in [3.63, 3.8) is 0 Å². The minimum Gasteiger partial charge on any atom is -0.385 e. The van der Waals surface area contributed by atoms with Crippen LogP contribution >= 0.6 is 23.2 Å². The van der Waals surface area contributed by atoms with Crippen molar-refractivity contribution in [2.75, 3.05) is 11.9 Å². The van der Waals surface area contributed by atoms with Gasteiger partial charge in [0.25, 0.3) is 0 Å². The molecule has 16 heavy (non-hydrogen) atoms. The maximum Gasteiger partial charge on any atom is 0.0927 e. The highest BCUT2D eigenvalue weighted by Gasteiger charge is 2.10. The monoisotopic (exact) mass is 254 g/mol. The molecule has 0 saturated carbocycles. The van der Waals surface area contributed by atoms with E-state index in [2.05, 4.69) is 10.3 Å². The van der Waals surface area contributed by atoms with Gasteiger partial charge in [0.1, 0.15) is 0 Å². The summed E-state index contributed by atoms with van der Waals surface area (Å²) in [4.78, 5) is 4.42. The number of halogens is 2. The van der Waals surface area contributed by atoms with E-state index in [1.165, 1.54) is 0 Å². The van der Waals surface area contributed by atoms with Crippen LogP contribution in [0.2, 0.25) is 10.0 Å². The lowest BCUT2D eigenvalue weighted by Crippen LogP contribution is -1.99. The second-order valence-electron chi connectivity index (χ2n) is 3.59. The number of hydrogen-bond acceptors (Lipinski definition) is 2. The Bertz CT molecular complexity index is 538. The van der Waals surface area contributed by atoms with Gasteiger partial charge in [-0.15, -0.1) is 0 Å². The van der Waals surface area contributed by atoms with Crippen LogP contribution in [0.15, 0.2) is 18.2 Å². The average Bonchev–Trinajstić information content (AvgIpc) is 2.23. The molecule has 0 bridgehead atoms. The second kappa shape index (κ2) is 4.48. The van der Waals surface area contributed by atoms with Gasteiger partial charge < -0.3 is 5.32 Å². The Balaban J connectivity index is 2.83. The van der Waals surface area contributed by atoms with Crippen molar-refractivity contribution in [3.05, 3.63) is 33.9 Å². The van der Waals surface area contributed by atoms with Gasteiger partial charge in [-0.1, -0.05) is 23.2 Å². The first-order valence-electron chi connectivity index (χ1n) is 5.12. The van der Waals surface area contributed by atoms with Gasteiger partial charge in [0.15, 0.2) is 0 Å². The molecule has 0 radical (unpaired) electrons. The van der Waals surface area contributed by atoms with Gasteiger partial charge in [0.05, 0.1) is 15.6 Å². The van der Waals surface area contributed by atoms with Crippen molar-refractivity contribution >= 4 is 39.8 Å². The summed E-state index contributed by atoms with van der Waals surface area (Å²) in [5, 5.41) is 5.46. The van der Waals surface area contributed by atoms with Crippen LogP contribution in [0.5, 0.6) is 0 Å². The van der Waals surface area contributed by atoms with Crippen LogP contribution in [-0.4, -0.2) is 11.5 Å². The molecular weight excluding hydrogens is 243 g/mol. The zero-order valence-electron chi connectivity index (χ0n) is 9.14. The molecule has 1 N–H and O–H groups in total. The first kappa shape index (κ1) is 11.5. The summed E-state index contributed by atoms with van der Waals surface area (Å²) in [6.07, 6.45) is 0. The molecule has 0 aliphatic carbocycles. The Hall–Kier alpha value is -0.990. The number of benzene rings is 1. The van der Waals surface area contributed by atoms with Crippen molar-refractivity contribution < 1.29 is 0 Å². The van der Waals surface area contributed by atoms with Crippen LogP contribution in [0.1, 0.15) is 12.6 Å². The van der Waals surface area contributed by atoms with Crippen LogP contribution in [0, 0.1) is 6.92 Å². The summed E-state index contributed by atoms with van der Waals surface area (Å²) in [5.41, 5.74) is 2.66. The number of anilines is 1. The smallest absolute Gasteiger partial charge is 0.0927 e. The van der Waals surface area contributed by atoms with Crippen LogP contribution in [0.3, 0.4) is 0 Å². The lowest BCUT2D eigenvalue weighted by atomic mass is 10.1. The highest BCUT2D eigenvalue weighted by Crippen LogP contribution is 2.34. The highest BCUT2D eigenvalue weighted by molar-refractivity contribution is 6.40. The van der Waals surface area contributed by atoms with Gasteiger partial charge in [-0.25, -0.2) is 0 Å². The van der Waals surface area contributed by atoms with E-state index in [9.17, 15) is 0 Å². The fourth-order valence-corrected chi connectivity index (χ4v) is 2.18. The Morgan fingerprint density at radius 2 is 1.94 bits per heavy atom. The van der Waals surface area contributed by atoms with Crippen LogP contribution in [-0.2, 0) is 0 Å². The van der Waals surface area contributed by atoms with Gasteiger partial charge in [-0.2, -0.15) is 0 Å². The standard InChI is InChI=1S/C12H12Cl2N2/c1-3-15-10-6-7(2)16-12-9(14)5-4-8(13)11(10)12/h4-6H,3H2,1-2H3,(H,15,16). The number of aryl methyl sites for hydroxylation is 1. The zero-order chi connectivity index (χ0) is 11.7. The third-order valence-electron chi connectivity index (χ3n) is 2.36. The molecule has 1 heterocycles. The molecule has 0 unspecified atom stereocenters. The largest absolute Gasteiger partial charge is 0.385 e. The number of nitrogens with one attached hydrogen (secondary N) is 1. The van der Waals surface area contributed by atoms with Crippen LogP contribution in [0.4, 0.5) is 5.69 Å². The van der Waals surface area contributed by atoms with Gasteiger partial charge in [-0.3, -0.25) is 4.98 Å². The number of rotatable bonds is 2. The van der Waals surface area contributed by atoms with Crippen molar-refractivity contribution in [1.82, 2.24) is 4.98 Å². The molecule has 0 fully saturated rings. The quantitative estimate of drug-likeness (QED) is 0.866. The first-order chi connectivity index (χ1) is 7.63. The van der Waals surface area contributed by atoms with E-state index in [1.54, 1.807) is 12.1 Å². The van der Waals surface area contributed by atoms with E-state index in [1.807, 2.05) is 19.9 Å². The van der Waals surface area contributed by atoms with E-state index < -0.39 is 0 Å². The molecule has 0 aliphatic rings. The molecule has 2 nitrogen and oxygen atoms in total. The van der Waals surface area contributed by atoms with E-state index in [-0.39, 0.29) is 0 Å². The minimum atomic E-state index is 0.627. The normalized spacial score (nSPS) is 10.8. The second-order valence-corrected chi connectivity index (χ2v) is 4.41. The molecule has 2 aromatic rings. The number of fused-ring (bicyclic) bond motifs is 1. The summed E-state index contributed by atoms with van der Waals surface area (Å²) < 4.78 is 0. The summed E-state index contributed by atoms with van der Waals surface area (Å²) in [6.45, 7) is 4.82. The van der Waals surface area contributed by atoms with Crippen LogP contribution in [0.25, 0.3) is 10.9 Å². The Labute approximate surface area is 105 Å². The Morgan fingerprint density at radius 1 is 1.25 bits per heavy atom. The average molecular weight is 255 g/mol. The topological polar surface area (TPSA) is 24.9 Å². The van der Waals surface area contributed by atoms with Crippen molar-refractivity contribution in [2.45, 2.75) is 13.8 Å². The number of nitrogens with zero attached hydrogens (tertiary/aromatic N) is 1. The molecular formula is C12H12Cl2N2. The molecule has 0 atom stereocenters. The summed E-state index contributed by atoms with van der Waals surface area (Å²) in [6, 6.07) is 5.55. The van der Waals surface area contributed by atoms with E-state index in [4.69, 9.17) is 23.2 Å². The molecule has 84 valence electrons. The van der Waals surface area contributed by atoms with E-state index >= 15 is 0 Å². The number of hydrogen-bond donors (Lipinski definition) is 1. The summed E-state index contributed by atoms with van der Waals surface area (Å²) in [7, 11) is 0. The molecule has 0 amide bonds. The maximum absolute atomic E-state index is 6.18. The Morgan fingerprint density at radius 3 is 2.62 bits per heavy atom. The predicted molar refractivity (Wildman–Crippen MR) is 70.7 cm³/mol. The van der Waals surface area contributed by atoms with Gasteiger partial charge >= 0.3 is 0 Å². The first-order valence-corrected chi connectivity index (χ1v) is 5.88. The molecule has 0 spiro atoms. The van der Waals surface area contributed by atoms with Gasteiger partial charge in [0, 0.05) is 23.3 Å². The number of pyridine rings is 1. The molecule has 1 aromatic heterocycles. The summed E-state index contributed by atoms with van der Waals surface area (Å²) in [5.74, 6) is 0. The highest BCUT2D eigenvalue weighted by atomic mass is 35.5. The van der Waals surface area contributed by atoms with Crippen molar-refractivity contribution in [1.29, 1.82) is 0 Å². The predicted octanol–water partition coefficient (Wildman–Crippen LogP) is 4.28. The molecule has 4 heteroatoms. The SMILES string of the molecule is CCNc1cc(C)nc2c(Cl)ccc(Cl)c12. The third kappa shape index (κ3) is 1.95. The fourth-order valence-electron chi connectivity index (χ4n) is 1.73. The van der Waals surface area contributed by atoms with Crippen molar-refractivity contribution in [3.8, 4) is 0 Å². The Kier molecular flexibility index (Phi) is 3.22. The molecule has 2 rings (SSSR count). The molecule has 0 saturated heterocycles. The van der Waals surface area contributed by atoms with Gasteiger partial charge in [-0.05, 0) is 32.0 Å². The fraction of sp³-hybridized carbons (Fsp3) is 0.250. The summed E-state index contributed by atoms with van der Waals surface area (Å²) >= 11 is 12.3. The van der Waals surface area contributed by atoms with Gasteiger partial charge in [0.2, 0.25) is 0 Å². The maximum atomic E-state index is 6.18. The van der Waals surface area contributed by atoms with Crippen molar-refractivity contribution in [2.24, 2.45) is 0 Å². The zero-order valence-corrected chi connectivity index (χ0v) is 10.7. The third-order valence-corrected chi connectivity index (χ3v) is 2.98. The molecule has 1 aromatic carbocycles. The van der Waals surface area contributed by atoms with Crippen LogP contribution < -0.4 is 5.32 Å². The lowest BCUT2D eigenvalue weighted by Gasteiger charge is -2.11. The molecule has 0 aliphatic heterocycles. The minimum absolute atomic E-state index is 0.627. The van der Waals surface area contributed by atoms with E-state index in [0.29, 0.717) is 10.0 Å². The van der Waals surface area contributed by atoms with E-state index in [0.717, 1.165) is 28.8 Å². The number of aromatic nitrogens is 1. The lowest BCUT2D eigenvalue weighted by molar-refractivity contribution is 1.19.